The number of hydrogen-bond acceptors (Lipinski definition) is 3. The van der Waals surface area contributed by atoms with Gasteiger partial charge in [0.15, 0.2) is 11.5 Å². The number of hydrogen-bond donors (Lipinski definition) is 0. The molecule has 5 aromatic rings. The van der Waals surface area contributed by atoms with Crippen LogP contribution in [0.1, 0.15) is 11.1 Å². The molecule has 1 aliphatic heterocycles. The molecule has 2 heterocycles. The summed E-state index contributed by atoms with van der Waals surface area (Å²) >= 11 is 0. The molecule has 6 rings (SSSR count). The molecule has 0 saturated carbocycles. The number of pyridine rings is 1. The highest BCUT2D eigenvalue weighted by Gasteiger charge is 2.15. The Morgan fingerprint density at radius 3 is 2.45 bits per heavy atom. The minimum absolute atomic E-state index is 0.262. The maximum absolute atomic E-state index is 5.58. The van der Waals surface area contributed by atoms with Crippen LogP contribution in [0.5, 0.6) is 11.5 Å². The lowest BCUT2D eigenvalue weighted by Crippen LogP contribution is -1.93. The van der Waals surface area contributed by atoms with Crippen LogP contribution in [0.15, 0.2) is 103 Å². The van der Waals surface area contributed by atoms with E-state index in [0.29, 0.717) is 0 Å². The second-order valence-corrected chi connectivity index (χ2v) is 7.97. The number of aromatic nitrogens is 1. The van der Waals surface area contributed by atoms with Gasteiger partial charge in [0.2, 0.25) is 6.79 Å². The number of nitrogens with zero attached hydrogens (tertiary/aromatic N) is 1. The molecule has 4 aromatic carbocycles. The van der Waals surface area contributed by atoms with Crippen LogP contribution in [-0.4, -0.2) is 11.8 Å². The first kappa shape index (κ1) is 19.3. The van der Waals surface area contributed by atoms with Gasteiger partial charge in [-0.05, 0) is 52.2 Å². The molecular weight excluding hydrogens is 406 g/mol. The van der Waals surface area contributed by atoms with Crippen molar-refractivity contribution in [2.75, 3.05) is 6.79 Å². The van der Waals surface area contributed by atoms with Crippen molar-refractivity contribution >= 4 is 33.8 Å². The summed E-state index contributed by atoms with van der Waals surface area (Å²) < 4.78 is 11.1. The van der Waals surface area contributed by atoms with E-state index in [4.69, 9.17) is 14.5 Å². The van der Waals surface area contributed by atoms with Crippen molar-refractivity contribution in [2.45, 2.75) is 0 Å². The van der Waals surface area contributed by atoms with Crippen LogP contribution in [0.2, 0.25) is 0 Å². The average molecular weight is 428 g/mol. The first-order valence-electron chi connectivity index (χ1n) is 11.0. The van der Waals surface area contributed by atoms with E-state index < -0.39 is 0 Å². The van der Waals surface area contributed by atoms with Gasteiger partial charge in [-0.15, -0.1) is 0 Å². The molecule has 0 aliphatic carbocycles. The Morgan fingerprint density at radius 1 is 0.697 bits per heavy atom. The van der Waals surface area contributed by atoms with Crippen LogP contribution in [0, 0.1) is 0 Å². The van der Waals surface area contributed by atoms with E-state index >= 15 is 0 Å². The molecule has 0 bridgehead atoms. The Bertz CT molecular complexity index is 1530. The maximum Gasteiger partial charge on any atom is 0.231 e. The third kappa shape index (κ3) is 3.74. The lowest BCUT2D eigenvalue weighted by Gasteiger charge is -2.11. The van der Waals surface area contributed by atoms with E-state index in [1.165, 1.54) is 16.3 Å². The molecule has 0 atom stereocenters. The summed E-state index contributed by atoms with van der Waals surface area (Å²) in [6.07, 6.45) is 8.43. The molecule has 0 saturated heterocycles. The van der Waals surface area contributed by atoms with Crippen molar-refractivity contribution in [2.24, 2.45) is 0 Å². The predicted octanol–water partition coefficient (Wildman–Crippen LogP) is 7.51. The van der Waals surface area contributed by atoms with Gasteiger partial charge in [0.25, 0.3) is 0 Å². The van der Waals surface area contributed by atoms with Crippen LogP contribution in [0.4, 0.5) is 0 Å². The second kappa shape index (κ2) is 8.29. The van der Waals surface area contributed by atoms with Gasteiger partial charge in [0.1, 0.15) is 0 Å². The monoisotopic (exact) mass is 427 g/mol. The van der Waals surface area contributed by atoms with Crippen molar-refractivity contribution in [3.05, 3.63) is 114 Å². The Labute approximate surface area is 192 Å². The molecule has 3 heteroatoms. The van der Waals surface area contributed by atoms with Gasteiger partial charge in [0, 0.05) is 10.9 Å². The molecule has 3 nitrogen and oxygen atoms in total. The molecule has 0 amide bonds. The zero-order chi connectivity index (χ0) is 22.0. The lowest BCUT2D eigenvalue weighted by atomic mass is 9.98. The molecule has 33 heavy (non-hydrogen) atoms. The maximum atomic E-state index is 5.58. The second-order valence-electron chi connectivity index (χ2n) is 7.97. The standard InChI is InChI=1S/C30H21NO2/c1-2-8-21(9-3-1)10-4-5-12-24-18-27(23-15-17-28-29(19-23)33-20-32-28)31-26-16-14-22-11-6-7-13-25(22)30(24)26/h1-19H,20H2/b10-4-,12-5-. The summed E-state index contributed by atoms with van der Waals surface area (Å²) in [6, 6.07) is 31.1. The SMILES string of the molecule is C(/C=C\c1cc(-c2ccc3c(c2)OCO3)nc2ccc3ccccc3c12)=C/c1ccccc1. The van der Waals surface area contributed by atoms with E-state index in [1.807, 2.05) is 36.4 Å². The molecule has 0 N–H and O–H groups in total. The van der Waals surface area contributed by atoms with Crippen LogP contribution in [0.3, 0.4) is 0 Å². The molecular formula is C30H21NO2. The van der Waals surface area contributed by atoms with Gasteiger partial charge >= 0.3 is 0 Å². The number of allylic oxidation sites excluding steroid dienone is 2. The van der Waals surface area contributed by atoms with Gasteiger partial charge in [-0.1, -0.05) is 85.0 Å². The van der Waals surface area contributed by atoms with Crippen molar-refractivity contribution < 1.29 is 9.47 Å². The van der Waals surface area contributed by atoms with E-state index in [1.54, 1.807) is 0 Å². The van der Waals surface area contributed by atoms with E-state index in [0.717, 1.165) is 39.2 Å². The third-order valence-electron chi connectivity index (χ3n) is 5.87. The Balaban J connectivity index is 1.49. The van der Waals surface area contributed by atoms with Crippen LogP contribution in [-0.2, 0) is 0 Å². The average Bonchev–Trinajstić information content (AvgIpc) is 3.35. The van der Waals surface area contributed by atoms with Crippen molar-refractivity contribution in [1.29, 1.82) is 0 Å². The lowest BCUT2D eigenvalue weighted by molar-refractivity contribution is 0.174. The fraction of sp³-hybridized carbons (Fsp3) is 0.0333. The number of benzene rings is 4. The normalized spacial score (nSPS) is 13.0. The molecule has 0 fully saturated rings. The smallest absolute Gasteiger partial charge is 0.231 e. The summed E-state index contributed by atoms with van der Waals surface area (Å²) in [5.74, 6) is 1.53. The van der Waals surface area contributed by atoms with Crippen molar-refractivity contribution in [3.8, 4) is 22.8 Å². The van der Waals surface area contributed by atoms with Gasteiger partial charge in [0.05, 0.1) is 11.2 Å². The Hall–Kier alpha value is -4.37. The summed E-state index contributed by atoms with van der Waals surface area (Å²) in [7, 11) is 0. The van der Waals surface area contributed by atoms with Crippen molar-refractivity contribution in [1.82, 2.24) is 4.98 Å². The van der Waals surface area contributed by atoms with Gasteiger partial charge in [-0.3, -0.25) is 0 Å². The molecule has 0 radical (unpaired) electrons. The molecule has 158 valence electrons. The summed E-state index contributed by atoms with van der Waals surface area (Å²) in [5, 5.41) is 3.56. The highest BCUT2D eigenvalue weighted by atomic mass is 16.7. The van der Waals surface area contributed by atoms with Crippen molar-refractivity contribution in [3.63, 3.8) is 0 Å². The predicted molar refractivity (Wildman–Crippen MR) is 135 cm³/mol. The highest BCUT2D eigenvalue weighted by Crippen LogP contribution is 2.37. The van der Waals surface area contributed by atoms with Crippen LogP contribution in [0.25, 0.3) is 45.1 Å². The largest absolute Gasteiger partial charge is 0.454 e. The van der Waals surface area contributed by atoms with Gasteiger partial charge in [-0.25, -0.2) is 4.98 Å². The number of ether oxygens (including phenoxy) is 2. The van der Waals surface area contributed by atoms with Gasteiger partial charge < -0.3 is 9.47 Å². The number of fused-ring (bicyclic) bond motifs is 4. The fourth-order valence-electron chi connectivity index (χ4n) is 4.26. The topological polar surface area (TPSA) is 31.4 Å². The summed E-state index contributed by atoms with van der Waals surface area (Å²) in [6.45, 7) is 0.262. The molecule has 1 aromatic heterocycles. The van der Waals surface area contributed by atoms with Crippen LogP contribution < -0.4 is 9.47 Å². The minimum Gasteiger partial charge on any atom is -0.454 e. The fourth-order valence-corrected chi connectivity index (χ4v) is 4.26. The van der Waals surface area contributed by atoms with Crippen LogP contribution >= 0.6 is 0 Å². The number of rotatable bonds is 4. The molecule has 0 unspecified atom stereocenters. The third-order valence-corrected chi connectivity index (χ3v) is 5.87. The van der Waals surface area contributed by atoms with E-state index in [-0.39, 0.29) is 6.79 Å². The molecule has 0 spiro atoms. The zero-order valence-electron chi connectivity index (χ0n) is 17.9. The van der Waals surface area contributed by atoms with E-state index in [9.17, 15) is 0 Å². The Morgan fingerprint density at radius 2 is 1.52 bits per heavy atom. The summed E-state index contributed by atoms with van der Waals surface area (Å²) in [5.41, 5.74) is 5.18. The van der Waals surface area contributed by atoms with E-state index in [2.05, 4.69) is 78.9 Å². The summed E-state index contributed by atoms with van der Waals surface area (Å²) in [4.78, 5) is 5.01. The molecule has 1 aliphatic rings. The zero-order valence-corrected chi connectivity index (χ0v) is 17.9. The highest BCUT2D eigenvalue weighted by molar-refractivity contribution is 6.10. The Kier molecular flexibility index (Phi) is 4.85. The first-order valence-corrected chi connectivity index (χ1v) is 11.0. The minimum atomic E-state index is 0.262. The van der Waals surface area contributed by atoms with Gasteiger partial charge in [-0.2, -0.15) is 0 Å². The quantitative estimate of drug-likeness (QED) is 0.220. The first-order chi connectivity index (χ1) is 16.3.